The van der Waals surface area contributed by atoms with E-state index in [1.165, 1.54) is 12.1 Å². The molecule has 0 atom stereocenters. The van der Waals surface area contributed by atoms with Crippen LogP contribution in [0.3, 0.4) is 0 Å². The monoisotopic (exact) mass is 281 g/mol. The van der Waals surface area contributed by atoms with Crippen LogP contribution in [0.1, 0.15) is 21.5 Å². The first-order valence-electron chi connectivity index (χ1n) is 6.44. The minimum atomic E-state index is -1.08. The summed E-state index contributed by atoms with van der Waals surface area (Å²) in [5.74, 6) is -1.45. The third kappa shape index (κ3) is 4.04. The van der Waals surface area contributed by atoms with E-state index in [9.17, 15) is 9.59 Å². The molecule has 0 aliphatic carbocycles. The molecule has 0 saturated heterocycles. The second kappa shape index (κ2) is 6.52. The van der Waals surface area contributed by atoms with Crippen LogP contribution in [0.25, 0.3) is 6.08 Å². The number of carbonyl (C=O) groups excluding carboxylic acids is 1. The molecule has 0 spiro atoms. The fourth-order valence-electron chi connectivity index (χ4n) is 1.80. The van der Waals surface area contributed by atoms with Gasteiger partial charge in [0, 0.05) is 6.08 Å². The first-order chi connectivity index (χ1) is 10.1. The molecule has 2 rings (SSSR count). The number of carbonyl (C=O) groups is 2. The molecule has 0 aliphatic rings. The van der Waals surface area contributed by atoms with Crippen molar-refractivity contribution in [2.75, 3.05) is 5.32 Å². The molecular formula is C17H15NO3. The lowest BCUT2D eigenvalue weighted by atomic mass is 10.1. The number of aryl methyl sites for hydroxylation is 1. The van der Waals surface area contributed by atoms with Gasteiger partial charge in [-0.2, -0.15) is 0 Å². The Labute approximate surface area is 122 Å². The molecular weight excluding hydrogens is 266 g/mol. The van der Waals surface area contributed by atoms with Gasteiger partial charge in [0.1, 0.15) is 0 Å². The van der Waals surface area contributed by atoms with E-state index in [0.29, 0.717) is 0 Å². The van der Waals surface area contributed by atoms with Crippen molar-refractivity contribution in [2.45, 2.75) is 6.92 Å². The quantitative estimate of drug-likeness (QED) is 0.845. The smallest absolute Gasteiger partial charge is 0.337 e. The van der Waals surface area contributed by atoms with E-state index >= 15 is 0 Å². The minimum absolute atomic E-state index is 0.0644. The summed E-state index contributed by atoms with van der Waals surface area (Å²) < 4.78 is 0. The van der Waals surface area contributed by atoms with Crippen LogP contribution in [0.2, 0.25) is 0 Å². The summed E-state index contributed by atoms with van der Waals surface area (Å²) in [7, 11) is 0. The number of hydrogen-bond acceptors (Lipinski definition) is 2. The van der Waals surface area contributed by atoms with Crippen LogP contribution in [-0.2, 0) is 4.79 Å². The van der Waals surface area contributed by atoms with Gasteiger partial charge in [0.2, 0.25) is 5.91 Å². The summed E-state index contributed by atoms with van der Waals surface area (Å²) >= 11 is 0. The van der Waals surface area contributed by atoms with Gasteiger partial charge in [0.05, 0.1) is 11.3 Å². The van der Waals surface area contributed by atoms with Gasteiger partial charge in [-0.15, -0.1) is 0 Å². The van der Waals surface area contributed by atoms with Gasteiger partial charge in [-0.1, -0.05) is 42.0 Å². The lowest BCUT2D eigenvalue weighted by molar-refractivity contribution is -0.111. The molecule has 2 N–H and O–H groups in total. The Morgan fingerprint density at radius 1 is 1.05 bits per heavy atom. The van der Waals surface area contributed by atoms with Crippen LogP contribution in [0, 0.1) is 6.92 Å². The molecule has 0 bridgehead atoms. The van der Waals surface area contributed by atoms with Gasteiger partial charge in [-0.05, 0) is 30.7 Å². The topological polar surface area (TPSA) is 66.4 Å². The first kappa shape index (κ1) is 14.5. The van der Waals surface area contributed by atoms with Crippen LogP contribution in [0.4, 0.5) is 5.69 Å². The van der Waals surface area contributed by atoms with Crippen LogP contribution in [-0.4, -0.2) is 17.0 Å². The van der Waals surface area contributed by atoms with Crippen LogP contribution in [0.15, 0.2) is 54.6 Å². The van der Waals surface area contributed by atoms with Crippen molar-refractivity contribution in [3.05, 3.63) is 71.3 Å². The number of rotatable bonds is 4. The van der Waals surface area contributed by atoms with Crippen LogP contribution < -0.4 is 5.32 Å². The number of carboxylic acids is 1. The highest BCUT2D eigenvalue weighted by molar-refractivity contribution is 6.06. The molecule has 106 valence electrons. The average molecular weight is 281 g/mol. The Kier molecular flexibility index (Phi) is 4.51. The molecule has 0 radical (unpaired) electrons. The third-order valence-corrected chi connectivity index (χ3v) is 2.92. The molecule has 21 heavy (non-hydrogen) atoms. The zero-order chi connectivity index (χ0) is 15.2. The molecule has 0 heterocycles. The Morgan fingerprint density at radius 3 is 2.38 bits per heavy atom. The van der Waals surface area contributed by atoms with Gasteiger partial charge in [0.25, 0.3) is 0 Å². The Hall–Kier alpha value is -2.88. The van der Waals surface area contributed by atoms with Crippen molar-refractivity contribution < 1.29 is 14.7 Å². The Balaban J connectivity index is 2.08. The molecule has 0 aliphatic heterocycles. The van der Waals surface area contributed by atoms with Crippen molar-refractivity contribution in [2.24, 2.45) is 0 Å². The largest absolute Gasteiger partial charge is 0.478 e. The summed E-state index contributed by atoms with van der Waals surface area (Å²) in [5, 5.41) is 11.6. The van der Waals surface area contributed by atoms with Crippen molar-refractivity contribution in [3.63, 3.8) is 0 Å². The van der Waals surface area contributed by atoms with Gasteiger partial charge in [-0.3, -0.25) is 4.79 Å². The predicted octanol–water partition coefficient (Wildman–Crippen LogP) is 3.35. The first-order valence-corrected chi connectivity index (χ1v) is 6.44. The molecule has 0 fully saturated rings. The highest BCUT2D eigenvalue weighted by Gasteiger charge is 2.09. The normalized spacial score (nSPS) is 10.5. The summed E-state index contributed by atoms with van der Waals surface area (Å²) in [6.45, 7) is 1.99. The second-order valence-corrected chi connectivity index (χ2v) is 4.58. The van der Waals surface area contributed by atoms with Gasteiger partial charge < -0.3 is 10.4 Å². The third-order valence-electron chi connectivity index (χ3n) is 2.92. The van der Waals surface area contributed by atoms with Crippen molar-refractivity contribution in [1.29, 1.82) is 0 Å². The predicted molar refractivity (Wildman–Crippen MR) is 82.2 cm³/mol. The lowest BCUT2D eigenvalue weighted by Crippen LogP contribution is -2.11. The number of benzene rings is 2. The summed E-state index contributed by atoms with van der Waals surface area (Å²) in [4.78, 5) is 22.9. The van der Waals surface area contributed by atoms with Gasteiger partial charge in [-0.25, -0.2) is 4.79 Å². The van der Waals surface area contributed by atoms with E-state index in [0.717, 1.165) is 11.1 Å². The van der Waals surface area contributed by atoms with E-state index < -0.39 is 5.97 Å². The molecule has 1 amide bonds. The van der Waals surface area contributed by atoms with E-state index in [1.54, 1.807) is 24.3 Å². The fraction of sp³-hybridized carbons (Fsp3) is 0.0588. The highest BCUT2D eigenvalue weighted by atomic mass is 16.4. The SMILES string of the molecule is Cc1ccc(/C=C/C(=O)Nc2ccccc2C(=O)O)cc1. The molecule has 0 saturated carbocycles. The summed E-state index contributed by atoms with van der Waals surface area (Å²) in [6.07, 6.45) is 3.06. The van der Waals surface area contributed by atoms with Gasteiger partial charge >= 0.3 is 5.97 Å². The lowest BCUT2D eigenvalue weighted by Gasteiger charge is -2.05. The van der Waals surface area contributed by atoms with Crippen LogP contribution >= 0.6 is 0 Å². The molecule has 0 aromatic heterocycles. The van der Waals surface area contributed by atoms with E-state index in [1.807, 2.05) is 31.2 Å². The number of nitrogens with one attached hydrogen (secondary N) is 1. The standard InChI is InChI=1S/C17H15NO3/c1-12-6-8-13(9-7-12)10-11-16(19)18-15-5-3-2-4-14(15)17(20)21/h2-11H,1H3,(H,18,19)(H,20,21)/b11-10+. The average Bonchev–Trinajstić information content (AvgIpc) is 2.47. The van der Waals surface area contributed by atoms with E-state index in [4.69, 9.17) is 5.11 Å². The Bertz CT molecular complexity index is 687. The van der Waals surface area contributed by atoms with E-state index in [2.05, 4.69) is 5.32 Å². The second-order valence-electron chi connectivity index (χ2n) is 4.58. The fourth-order valence-corrected chi connectivity index (χ4v) is 1.80. The van der Waals surface area contributed by atoms with Crippen LogP contribution in [0.5, 0.6) is 0 Å². The maximum atomic E-state index is 11.8. The number of para-hydroxylation sites is 1. The molecule has 2 aromatic carbocycles. The van der Waals surface area contributed by atoms with Crippen molar-refractivity contribution in [3.8, 4) is 0 Å². The Morgan fingerprint density at radius 2 is 1.71 bits per heavy atom. The maximum absolute atomic E-state index is 11.8. The molecule has 4 nitrogen and oxygen atoms in total. The zero-order valence-electron chi connectivity index (χ0n) is 11.5. The molecule has 2 aromatic rings. The zero-order valence-corrected chi connectivity index (χ0v) is 11.5. The van der Waals surface area contributed by atoms with Crippen molar-refractivity contribution >= 4 is 23.6 Å². The number of hydrogen-bond donors (Lipinski definition) is 2. The summed E-state index contributed by atoms with van der Waals surface area (Å²) in [5.41, 5.74) is 2.40. The summed E-state index contributed by atoms with van der Waals surface area (Å²) in [6, 6.07) is 14.0. The number of carboxylic acid groups (broad SMARTS) is 1. The number of aromatic carboxylic acids is 1. The van der Waals surface area contributed by atoms with Crippen molar-refractivity contribution in [1.82, 2.24) is 0 Å². The number of amides is 1. The van der Waals surface area contributed by atoms with Gasteiger partial charge in [0.15, 0.2) is 0 Å². The highest BCUT2D eigenvalue weighted by Crippen LogP contribution is 2.15. The molecule has 0 unspecified atom stereocenters. The van der Waals surface area contributed by atoms with E-state index in [-0.39, 0.29) is 17.2 Å². The maximum Gasteiger partial charge on any atom is 0.337 e. The number of anilines is 1. The molecule has 4 heteroatoms. The minimum Gasteiger partial charge on any atom is -0.478 e.